The Kier molecular flexibility index (Phi) is 5.48. The van der Waals surface area contributed by atoms with Crippen LogP contribution in [-0.2, 0) is 0 Å². The minimum Gasteiger partial charge on any atom is -0.494 e. The smallest absolute Gasteiger partial charge is 0.225 e. The molecule has 3 heterocycles. The molecule has 2 aliphatic rings. The van der Waals surface area contributed by atoms with E-state index >= 15 is 0 Å². The highest BCUT2D eigenvalue weighted by Gasteiger charge is 2.43. The Labute approximate surface area is 180 Å². The molecule has 0 N–H and O–H groups in total. The zero-order valence-electron chi connectivity index (χ0n) is 16.6. The van der Waals surface area contributed by atoms with Gasteiger partial charge in [0.25, 0.3) is 0 Å². The molecule has 1 aliphatic heterocycles. The maximum Gasteiger partial charge on any atom is 0.225 e. The summed E-state index contributed by atoms with van der Waals surface area (Å²) in [6, 6.07) is 7.86. The second-order valence-corrected chi connectivity index (χ2v) is 8.51. The van der Waals surface area contributed by atoms with Gasteiger partial charge in [0.2, 0.25) is 5.95 Å². The van der Waals surface area contributed by atoms with Crippen LogP contribution >= 0.6 is 11.6 Å². The van der Waals surface area contributed by atoms with Crippen LogP contribution in [0.4, 0.5) is 5.95 Å². The van der Waals surface area contributed by atoms with Crippen LogP contribution in [0.25, 0.3) is 5.69 Å². The predicted molar refractivity (Wildman–Crippen MR) is 113 cm³/mol. The number of hydrogen-bond acceptors (Lipinski definition) is 7. The number of benzene rings is 1. The summed E-state index contributed by atoms with van der Waals surface area (Å²) in [4.78, 5) is 11.0. The Morgan fingerprint density at radius 3 is 2.53 bits per heavy atom. The number of ether oxygens (including phenoxy) is 1. The van der Waals surface area contributed by atoms with Crippen molar-refractivity contribution in [2.24, 2.45) is 17.8 Å². The van der Waals surface area contributed by atoms with Crippen molar-refractivity contribution in [1.29, 1.82) is 0 Å². The molecule has 0 bridgehead atoms. The van der Waals surface area contributed by atoms with Gasteiger partial charge in [0.15, 0.2) is 0 Å². The number of rotatable bonds is 7. The van der Waals surface area contributed by atoms with E-state index in [1.54, 1.807) is 23.4 Å². The van der Waals surface area contributed by atoms with Gasteiger partial charge in [-0.2, -0.15) is 0 Å². The fraction of sp³-hybridized carbons (Fsp3) is 0.476. The highest BCUT2D eigenvalue weighted by atomic mass is 35.5. The number of piperidine rings is 1. The summed E-state index contributed by atoms with van der Waals surface area (Å²) >= 11 is 5.89. The lowest BCUT2D eigenvalue weighted by Gasteiger charge is -2.32. The molecule has 30 heavy (non-hydrogen) atoms. The van der Waals surface area contributed by atoms with Crippen LogP contribution in [0.15, 0.2) is 43.0 Å². The van der Waals surface area contributed by atoms with Crippen molar-refractivity contribution in [2.75, 3.05) is 24.6 Å². The number of tetrazole rings is 1. The van der Waals surface area contributed by atoms with Gasteiger partial charge in [0.05, 0.1) is 29.7 Å². The predicted octanol–water partition coefficient (Wildman–Crippen LogP) is 3.43. The topological polar surface area (TPSA) is 81.9 Å². The van der Waals surface area contributed by atoms with Crippen LogP contribution in [0.5, 0.6) is 5.75 Å². The van der Waals surface area contributed by atoms with Gasteiger partial charge in [-0.25, -0.2) is 14.6 Å². The summed E-state index contributed by atoms with van der Waals surface area (Å²) in [6.45, 7) is 2.82. The first kappa shape index (κ1) is 19.2. The molecule has 2 aromatic heterocycles. The molecule has 3 aromatic rings. The Bertz CT molecular complexity index is 941. The minimum atomic E-state index is 0.583. The van der Waals surface area contributed by atoms with Crippen LogP contribution in [0.1, 0.15) is 25.7 Å². The van der Waals surface area contributed by atoms with Gasteiger partial charge in [0, 0.05) is 13.1 Å². The first-order chi connectivity index (χ1) is 14.8. The van der Waals surface area contributed by atoms with Crippen molar-refractivity contribution in [3.63, 3.8) is 0 Å². The SMILES string of the molecule is Clc1cnc(N2CCC([C@@H]3C[C@@H]3CCOc3ccc(-n4cnnn4)cc3)CC2)nc1. The van der Waals surface area contributed by atoms with E-state index < -0.39 is 0 Å². The number of nitrogens with zero attached hydrogens (tertiary/aromatic N) is 7. The van der Waals surface area contributed by atoms with Crippen LogP contribution < -0.4 is 9.64 Å². The molecule has 0 amide bonds. The third-order valence-electron chi connectivity index (χ3n) is 6.22. The second kappa shape index (κ2) is 8.55. The first-order valence-corrected chi connectivity index (χ1v) is 10.8. The van der Waals surface area contributed by atoms with E-state index in [2.05, 4.69) is 30.4 Å². The van der Waals surface area contributed by atoms with Crippen LogP contribution in [0, 0.1) is 17.8 Å². The number of hydrogen-bond donors (Lipinski definition) is 0. The van der Waals surface area contributed by atoms with Gasteiger partial charge in [-0.1, -0.05) is 11.6 Å². The van der Waals surface area contributed by atoms with Gasteiger partial charge in [-0.15, -0.1) is 5.10 Å². The molecule has 9 heteroatoms. The van der Waals surface area contributed by atoms with E-state index in [9.17, 15) is 0 Å². The van der Waals surface area contributed by atoms with Crippen molar-refractivity contribution < 1.29 is 4.74 Å². The van der Waals surface area contributed by atoms with Crippen molar-refractivity contribution in [1.82, 2.24) is 30.2 Å². The molecule has 1 aromatic carbocycles. The molecule has 1 saturated heterocycles. The molecule has 0 unspecified atom stereocenters. The summed E-state index contributed by atoms with van der Waals surface area (Å²) in [5, 5.41) is 11.8. The monoisotopic (exact) mass is 425 g/mol. The molecule has 0 spiro atoms. The molecule has 1 saturated carbocycles. The molecule has 8 nitrogen and oxygen atoms in total. The van der Waals surface area contributed by atoms with Crippen LogP contribution in [0.2, 0.25) is 5.02 Å². The lowest BCUT2D eigenvalue weighted by Crippen LogP contribution is -2.35. The standard InChI is InChI=1S/C21H24ClN7O/c22-17-12-23-21(24-13-17)28-8-5-15(6-9-28)20-11-16(20)7-10-30-19-3-1-18(2-4-19)29-14-25-26-27-29/h1-4,12-16,20H,5-11H2/t16-,20-/m0/s1. The summed E-state index contributed by atoms with van der Waals surface area (Å²) in [6.07, 6.45) is 9.82. The lowest BCUT2D eigenvalue weighted by molar-refractivity contribution is 0.284. The average Bonchev–Trinajstić information content (AvgIpc) is 3.34. The number of aromatic nitrogens is 6. The highest BCUT2D eigenvalue weighted by molar-refractivity contribution is 6.30. The minimum absolute atomic E-state index is 0.583. The van der Waals surface area contributed by atoms with Gasteiger partial charge in [-0.05, 0) is 78.1 Å². The lowest BCUT2D eigenvalue weighted by atomic mass is 9.90. The molecular formula is C21H24ClN7O. The van der Waals surface area contributed by atoms with Gasteiger partial charge in [-0.3, -0.25) is 0 Å². The van der Waals surface area contributed by atoms with E-state index in [-0.39, 0.29) is 0 Å². The van der Waals surface area contributed by atoms with Crippen molar-refractivity contribution in [3.8, 4) is 11.4 Å². The molecule has 1 aliphatic carbocycles. The van der Waals surface area contributed by atoms with Crippen LogP contribution in [0.3, 0.4) is 0 Å². The molecule has 2 fully saturated rings. The normalized spacial score (nSPS) is 21.6. The zero-order valence-corrected chi connectivity index (χ0v) is 17.4. The third kappa shape index (κ3) is 4.38. The summed E-state index contributed by atoms with van der Waals surface area (Å²) in [7, 11) is 0. The van der Waals surface area contributed by atoms with Gasteiger partial charge in [0.1, 0.15) is 12.1 Å². The molecule has 5 rings (SSSR count). The number of halogens is 1. The van der Waals surface area contributed by atoms with E-state index in [1.807, 2.05) is 24.3 Å². The number of anilines is 1. The highest BCUT2D eigenvalue weighted by Crippen LogP contribution is 2.49. The van der Waals surface area contributed by atoms with Crippen molar-refractivity contribution >= 4 is 17.5 Å². The third-order valence-corrected chi connectivity index (χ3v) is 6.41. The van der Waals surface area contributed by atoms with E-state index in [0.717, 1.165) is 61.3 Å². The average molecular weight is 426 g/mol. The Hall–Kier alpha value is -2.74. The summed E-state index contributed by atoms with van der Waals surface area (Å²) < 4.78 is 7.58. The quantitative estimate of drug-likeness (QED) is 0.573. The molecule has 156 valence electrons. The second-order valence-electron chi connectivity index (χ2n) is 8.07. The fourth-order valence-corrected chi connectivity index (χ4v) is 4.58. The summed E-state index contributed by atoms with van der Waals surface area (Å²) in [5.41, 5.74) is 0.921. The largest absolute Gasteiger partial charge is 0.494 e. The van der Waals surface area contributed by atoms with E-state index in [4.69, 9.17) is 16.3 Å². The maximum absolute atomic E-state index is 5.95. The fourth-order valence-electron chi connectivity index (χ4n) is 4.48. The van der Waals surface area contributed by atoms with Crippen LogP contribution in [-0.4, -0.2) is 49.9 Å². The van der Waals surface area contributed by atoms with E-state index in [0.29, 0.717) is 5.02 Å². The van der Waals surface area contributed by atoms with Gasteiger partial charge < -0.3 is 9.64 Å². The van der Waals surface area contributed by atoms with Crippen molar-refractivity contribution in [2.45, 2.75) is 25.7 Å². The van der Waals surface area contributed by atoms with Gasteiger partial charge >= 0.3 is 0 Å². The first-order valence-electron chi connectivity index (χ1n) is 10.4. The Morgan fingerprint density at radius 1 is 1.07 bits per heavy atom. The van der Waals surface area contributed by atoms with E-state index in [1.165, 1.54) is 19.3 Å². The molecule has 2 atom stereocenters. The zero-order chi connectivity index (χ0) is 20.3. The Morgan fingerprint density at radius 2 is 1.83 bits per heavy atom. The molecule has 0 radical (unpaired) electrons. The maximum atomic E-state index is 5.95. The molecular weight excluding hydrogens is 402 g/mol. The Balaban J connectivity index is 1.03. The summed E-state index contributed by atoms with van der Waals surface area (Å²) in [5.74, 6) is 4.15. The van der Waals surface area contributed by atoms with Crippen molar-refractivity contribution in [3.05, 3.63) is 48.0 Å².